The molecule has 3 rings (SSSR count). The van der Waals surface area contributed by atoms with Crippen molar-refractivity contribution in [1.29, 1.82) is 0 Å². The van der Waals surface area contributed by atoms with Crippen LogP contribution in [0.5, 0.6) is 5.75 Å². The lowest BCUT2D eigenvalue weighted by molar-refractivity contribution is 0.115. The highest BCUT2D eigenvalue weighted by Crippen LogP contribution is 2.46. The molecule has 1 aromatic carbocycles. The van der Waals surface area contributed by atoms with Crippen LogP contribution in [0, 0.1) is 5.41 Å². The highest BCUT2D eigenvalue weighted by atomic mass is 32.2. The van der Waals surface area contributed by atoms with Gasteiger partial charge < -0.3 is 19.3 Å². The van der Waals surface area contributed by atoms with E-state index in [1.165, 1.54) is 10.5 Å². The van der Waals surface area contributed by atoms with Gasteiger partial charge in [0.05, 0.1) is 7.11 Å². The molecule has 1 fully saturated rings. The zero-order valence-corrected chi connectivity index (χ0v) is 16.6. The van der Waals surface area contributed by atoms with Gasteiger partial charge in [-0.3, -0.25) is 0 Å². The third-order valence-corrected chi connectivity index (χ3v) is 6.69. The van der Waals surface area contributed by atoms with Gasteiger partial charge in [0.25, 0.3) is 0 Å². The van der Waals surface area contributed by atoms with Crippen LogP contribution in [0.15, 0.2) is 22.6 Å². The van der Waals surface area contributed by atoms with Crippen LogP contribution >= 0.6 is 0 Å². The van der Waals surface area contributed by atoms with Gasteiger partial charge in [0, 0.05) is 24.1 Å². The maximum atomic E-state index is 12.8. The van der Waals surface area contributed by atoms with Gasteiger partial charge in [-0.05, 0) is 57.7 Å². The molecule has 2 aliphatic rings. The molecule has 0 saturated carbocycles. The number of carboxylic acid groups (broad SMARTS) is 1. The van der Waals surface area contributed by atoms with Crippen LogP contribution in [-0.2, 0) is 17.8 Å². The fraction of sp³-hybridized carbons (Fsp3) is 0.579. The molecule has 142 valence electrons. The Kier molecular flexibility index (Phi) is 4.96. The van der Waals surface area contributed by atoms with Crippen molar-refractivity contribution >= 4 is 23.2 Å². The molecule has 26 heavy (non-hydrogen) atoms. The van der Waals surface area contributed by atoms with E-state index < -0.39 is 22.2 Å². The second kappa shape index (κ2) is 6.78. The number of rotatable bonds is 2. The minimum Gasteiger partial charge on any atom is -0.591 e. The largest absolute Gasteiger partial charge is 0.591 e. The summed E-state index contributed by atoms with van der Waals surface area (Å²) in [6, 6.07) is 5.94. The normalized spacial score (nSPS) is 21.7. The second-order valence-corrected chi connectivity index (χ2v) is 9.96. The monoisotopic (exact) mass is 378 g/mol. The van der Waals surface area contributed by atoms with Gasteiger partial charge in [-0.25, -0.2) is 4.79 Å². The molecular weight excluding hydrogens is 352 g/mol. The van der Waals surface area contributed by atoms with Crippen molar-refractivity contribution in [2.24, 2.45) is 9.81 Å². The molecule has 1 heterocycles. The van der Waals surface area contributed by atoms with E-state index in [4.69, 9.17) is 4.74 Å². The average molecular weight is 378 g/mol. The first-order valence-electron chi connectivity index (χ1n) is 8.83. The van der Waals surface area contributed by atoms with E-state index in [9.17, 15) is 14.5 Å². The molecule has 1 aliphatic heterocycles. The van der Waals surface area contributed by atoms with E-state index in [1.54, 1.807) is 7.11 Å². The zero-order valence-electron chi connectivity index (χ0n) is 15.7. The first-order valence-corrected chi connectivity index (χ1v) is 9.93. The summed E-state index contributed by atoms with van der Waals surface area (Å²) >= 11 is -1.37. The SMILES string of the molecule is COc1ccc2c(c1)/C(=N\[S@+]([O-])C(C)(C)C)C1(CCN(C(=O)O)CC1)C2. The molecule has 0 bridgehead atoms. The van der Waals surface area contributed by atoms with Crippen molar-refractivity contribution in [3.8, 4) is 5.75 Å². The molecule has 0 unspecified atom stereocenters. The van der Waals surface area contributed by atoms with Crippen molar-refractivity contribution in [1.82, 2.24) is 4.90 Å². The number of fused-ring (bicyclic) bond motifs is 1. The number of likely N-dealkylation sites (tertiary alicyclic amines) is 1. The number of ether oxygens (including phenoxy) is 1. The molecule has 1 amide bonds. The third kappa shape index (κ3) is 3.42. The van der Waals surface area contributed by atoms with Gasteiger partial charge >= 0.3 is 6.09 Å². The van der Waals surface area contributed by atoms with Crippen LogP contribution < -0.4 is 4.74 Å². The summed E-state index contributed by atoms with van der Waals surface area (Å²) in [5, 5.41) is 9.26. The molecular formula is C19H26N2O4S. The minimum atomic E-state index is -1.37. The molecule has 1 N–H and O–H groups in total. The summed E-state index contributed by atoms with van der Waals surface area (Å²) in [6.07, 6.45) is 1.31. The lowest BCUT2D eigenvalue weighted by atomic mass is 9.74. The summed E-state index contributed by atoms with van der Waals surface area (Å²) in [6.45, 7) is 6.68. The van der Waals surface area contributed by atoms with Crippen molar-refractivity contribution in [3.05, 3.63) is 29.3 Å². The Balaban J connectivity index is 2.02. The molecule has 1 aromatic rings. The summed E-state index contributed by atoms with van der Waals surface area (Å²) in [5.74, 6) is 0.748. The Morgan fingerprint density at radius 2 is 2.00 bits per heavy atom. The van der Waals surface area contributed by atoms with Gasteiger partial charge in [-0.2, -0.15) is 0 Å². The van der Waals surface area contributed by atoms with E-state index in [0.29, 0.717) is 25.9 Å². The fourth-order valence-corrected chi connectivity index (χ4v) is 4.43. The van der Waals surface area contributed by atoms with Crippen LogP contribution in [0.25, 0.3) is 0 Å². The molecule has 1 spiro atoms. The number of amides is 1. The van der Waals surface area contributed by atoms with Crippen molar-refractivity contribution < 1.29 is 19.2 Å². The Bertz CT molecular complexity index is 734. The van der Waals surface area contributed by atoms with E-state index in [-0.39, 0.29) is 5.41 Å². The van der Waals surface area contributed by atoms with Crippen LogP contribution in [0.2, 0.25) is 0 Å². The predicted molar refractivity (Wildman–Crippen MR) is 102 cm³/mol. The number of hydrogen-bond donors (Lipinski definition) is 1. The molecule has 6 nitrogen and oxygen atoms in total. The highest BCUT2D eigenvalue weighted by molar-refractivity contribution is 7.91. The van der Waals surface area contributed by atoms with E-state index in [0.717, 1.165) is 23.4 Å². The number of nitrogens with zero attached hydrogens (tertiary/aromatic N) is 2. The van der Waals surface area contributed by atoms with Gasteiger partial charge in [-0.1, -0.05) is 10.5 Å². The number of piperidine rings is 1. The van der Waals surface area contributed by atoms with Crippen LogP contribution in [0.1, 0.15) is 44.7 Å². The smallest absolute Gasteiger partial charge is 0.407 e. The fourth-order valence-electron chi connectivity index (χ4n) is 3.70. The first kappa shape index (κ1) is 19.0. The summed E-state index contributed by atoms with van der Waals surface area (Å²) in [7, 11) is 1.63. The number of carbonyl (C=O) groups is 1. The third-order valence-electron chi connectivity index (χ3n) is 5.29. The Hall–Kier alpha value is -1.73. The molecule has 0 aromatic heterocycles. The van der Waals surface area contributed by atoms with Gasteiger partial charge in [0.2, 0.25) is 0 Å². The van der Waals surface area contributed by atoms with Gasteiger partial charge in [-0.15, -0.1) is 0 Å². The predicted octanol–water partition coefficient (Wildman–Crippen LogP) is 3.26. The molecule has 1 saturated heterocycles. The Morgan fingerprint density at radius 3 is 2.54 bits per heavy atom. The topological polar surface area (TPSA) is 85.2 Å². The molecule has 0 radical (unpaired) electrons. The number of hydrogen-bond acceptors (Lipinski definition) is 4. The van der Waals surface area contributed by atoms with Crippen LogP contribution in [0.4, 0.5) is 4.79 Å². The Labute approximate surface area is 157 Å². The zero-order chi connectivity index (χ0) is 19.1. The van der Waals surface area contributed by atoms with Crippen LogP contribution in [0.3, 0.4) is 0 Å². The van der Waals surface area contributed by atoms with Crippen molar-refractivity contribution in [2.45, 2.75) is 44.8 Å². The quantitative estimate of drug-likeness (QED) is 0.801. The van der Waals surface area contributed by atoms with Gasteiger partial charge in [0.15, 0.2) is 0 Å². The summed E-state index contributed by atoms with van der Waals surface area (Å²) in [5.41, 5.74) is 2.76. The van der Waals surface area contributed by atoms with Crippen LogP contribution in [-0.4, -0.2) is 51.3 Å². The van der Waals surface area contributed by atoms with Crippen molar-refractivity contribution in [2.75, 3.05) is 20.2 Å². The maximum Gasteiger partial charge on any atom is 0.407 e. The average Bonchev–Trinajstić information content (AvgIpc) is 2.87. The molecule has 7 heteroatoms. The van der Waals surface area contributed by atoms with E-state index in [2.05, 4.69) is 4.40 Å². The summed E-state index contributed by atoms with van der Waals surface area (Å²) in [4.78, 5) is 12.7. The number of methoxy groups -OCH3 is 1. The summed E-state index contributed by atoms with van der Waals surface area (Å²) < 4.78 is 22.4. The lowest BCUT2D eigenvalue weighted by Gasteiger charge is -2.38. The first-order chi connectivity index (χ1) is 12.2. The highest BCUT2D eigenvalue weighted by Gasteiger charge is 2.48. The van der Waals surface area contributed by atoms with Crippen molar-refractivity contribution in [3.63, 3.8) is 0 Å². The molecule has 1 atom stereocenters. The van der Waals surface area contributed by atoms with Gasteiger partial charge in [0.1, 0.15) is 27.6 Å². The van der Waals surface area contributed by atoms with E-state index >= 15 is 0 Å². The maximum absolute atomic E-state index is 12.8. The standard InChI is InChI=1S/C19H26N2O4S/c1-18(2,3)26(24)20-16-15-11-14(25-4)6-5-13(15)12-19(16)7-9-21(10-8-19)17(22)23/h5-6,11H,7-10,12H2,1-4H3,(H,22,23)/b20-16+/t26-/m1/s1. The van der Waals surface area contributed by atoms with E-state index in [1.807, 2.05) is 39.0 Å². The Morgan fingerprint density at radius 1 is 1.35 bits per heavy atom. The lowest BCUT2D eigenvalue weighted by Crippen LogP contribution is -2.45. The minimum absolute atomic E-state index is 0.248. The second-order valence-electron chi connectivity index (χ2n) is 8.05. The number of benzene rings is 1. The molecule has 1 aliphatic carbocycles.